The first-order chi connectivity index (χ1) is 9.63. The molecule has 3 N–H and O–H groups in total. The van der Waals surface area contributed by atoms with Gasteiger partial charge in [-0.1, -0.05) is 6.92 Å². The Kier molecular flexibility index (Phi) is 3.83. The highest BCUT2D eigenvalue weighted by Gasteiger charge is 2.19. The van der Waals surface area contributed by atoms with Gasteiger partial charge in [0, 0.05) is 27.8 Å². The lowest BCUT2D eigenvalue weighted by molar-refractivity contribution is 0.361. The summed E-state index contributed by atoms with van der Waals surface area (Å²) in [5, 5.41) is 4.67. The van der Waals surface area contributed by atoms with Crippen LogP contribution < -0.4 is 11.1 Å². The fourth-order valence-corrected chi connectivity index (χ4v) is 3.29. The van der Waals surface area contributed by atoms with E-state index >= 15 is 0 Å². The molecule has 0 aliphatic heterocycles. The molecule has 1 aromatic carbocycles. The van der Waals surface area contributed by atoms with Crippen LogP contribution in [0.3, 0.4) is 0 Å². The fraction of sp³-hybridized carbons (Fsp3) is 0.438. The van der Waals surface area contributed by atoms with Crippen LogP contribution in [0.5, 0.6) is 0 Å². The lowest BCUT2D eigenvalue weighted by Crippen LogP contribution is -2.25. The van der Waals surface area contributed by atoms with Crippen LogP contribution >= 0.6 is 15.9 Å². The molecule has 2 aromatic rings. The molecule has 3 nitrogen and oxygen atoms in total. The second-order valence-electron chi connectivity index (χ2n) is 5.85. The first-order valence-electron chi connectivity index (χ1n) is 7.24. The summed E-state index contributed by atoms with van der Waals surface area (Å²) < 4.78 is 0.959. The molecular weight excluding hydrogens is 314 g/mol. The number of pyridine rings is 1. The van der Waals surface area contributed by atoms with E-state index in [1.165, 1.54) is 25.7 Å². The number of aromatic nitrogens is 1. The van der Waals surface area contributed by atoms with Gasteiger partial charge in [0.1, 0.15) is 0 Å². The zero-order valence-corrected chi connectivity index (χ0v) is 13.3. The molecule has 3 rings (SSSR count). The topological polar surface area (TPSA) is 50.9 Å². The monoisotopic (exact) mass is 333 g/mol. The number of anilines is 2. The van der Waals surface area contributed by atoms with Crippen LogP contribution in [0.25, 0.3) is 10.9 Å². The Labute approximate surface area is 128 Å². The number of halogens is 1. The summed E-state index contributed by atoms with van der Waals surface area (Å²) in [6.07, 6.45) is 6.93. The van der Waals surface area contributed by atoms with Gasteiger partial charge in [-0.05, 0) is 65.7 Å². The highest BCUT2D eigenvalue weighted by Crippen LogP contribution is 2.31. The molecule has 0 bridgehead atoms. The minimum atomic E-state index is 0.559. The van der Waals surface area contributed by atoms with Gasteiger partial charge in [-0.15, -0.1) is 0 Å². The zero-order chi connectivity index (χ0) is 14.1. The summed E-state index contributed by atoms with van der Waals surface area (Å²) in [4.78, 5) is 4.53. The minimum absolute atomic E-state index is 0.559. The minimum Gasteiger partial charge on any atom is -0.398 e. The van der Waals surface area contributed by atoms with Crippen LogP contribution in [0, 0.1) is 5.92 Å². The molecule has 1 fully saturated rings. The quantitative estimate of drug-likeness (QED) is 0.791. The molecule has 106 valence electrons. The molecule has 0 radical (unpaired) electrons. The maximum Gasteiger partial charge on any atom is 0.0954 e. The number of rotatable bonds is 2. The molecule has 1 aliphatic rings. The molecule has 0 atom stereocenters. The highest BCUT2D eigenvalue weighted by atomic mass is 79.9. The standard InChI is InChI=1S/C16H20BrN3/c1-10-2-4-12(5-3-10)20-15-7-6-14(18)13-8-11(17)9-19-16(13)15/h6-10,12,20H,2-5,18H2,1H3. The van der Waals surface area contributed by atoms with Crippen LogP contribution in [0.15, 0.2) is 28.9 Å². The lowest BCUT2D eigenvalue weighted by Gasteiger charge is -2.28. The highest BCUT2D eigenvalue weighted by molar-refractivity contribution is 9.10. The number of nitrogen functional groups attached to an aromatic ring is 1. The summed E-state index contributed by atoms with van der Waals surface area (Å²) in [6, 6.07) is 6.61. The smallest absolute Gasteiger partial charge is 0.0954 e. The predicted octanol–water partition coefficient (Wildman–Crippen LogP) is 4.57. The van der Waals surface area contributed by atoms with Crippen molar-refractivity contribution in [3.8, 4) is 0 Å². The molecule has 0 amide bonds. The summed E-state index contributed by atoms with van der Waals surface area (Å²) in [5.41, 5.74) is 8.89. The fourth-order valence-electron chi connectivity index (χ4n) is 2.96. The van der Waals surface area contributed by atoms with Crippen molar-refractivity contribution in [1.29, 1.82) is 0 Å². The second kappa shape index (κ2) is 5.60. The molecule has 0 spiro atoms. The normalized spacial score (nSPS) is 22.9. The molecule has 1 aliphatic carbocycles. The number of nitrogens with one attached hydrogen (secondary N) is 1. The maximum atomic E-state index is 6.06. The van der Waals surface area contributed by atoms with E-state index in [1.807, 2.05) is 18.3 Å². The van der Waals surface area contributed by atoms with E-state index in [1.54, 1.807) is 0 Å². The van der Waals surface area contributed by atoms with Gasteiger partial charge >= 0.3 is 0 Å². The van der Waals surface area contributed by atoms with Crippen molar-refractivity contribution in [3.05, 3.63) is 28.9 Å². The van der Waals surface area contributed by atoms with E-state index in [9.17, 15) is 0 Å². The molecule has 4 heteroatoms. The number of hydrogen-bond donors (Lipinski definition) is 2. The van der Waals surface area contributed by atoms with Crippen molar-refractivity contribution in [2.75, 3.05) is 11.1 Å². The van der Waals surface area contributed by atoms with Gasteiger partial charge in [0.15, 0.2) is 0 Å². The number of hydrogen-bond acceptors (Lipinski definition) is 3. The molecule has 0 unspecified atom stereocenters. The van der Waals surface area contributed by atoms with E-state index < -0.39 is 0 Å². The zero-order valence-electron chi connectivity index (χ0n) is 11.7. The van der Waals surface area contributed by atoms with Gasteiger partial charge < -0.3 is 11.1 Å². The van der Waals surface area contributed by atoms with E-state index in [2.05, 4.69) is 39.2 Å². The molecule has 0 saturated heterocycles. The van der Waals surface area contributed by atoms with Crippen LogP contribution in [-0.2, 0) is 0 Å². The number of benzene rings is 1. The molecule has 1 saturated carbocycles. The van der Waals surface area contributed by atoms with E-state index in [0.29, 0.717) is 6.04 Å². The first-order valence-corrected chi connectivity index (χ1v) is 8.03. The van der Waals surface area contributed by atoms with Crippen molar-refractivity contribution in [2.24, 2.45) is 5.92 Å². The lowest BCUT2D eigenvalue weighted by atomic mass is 9.87. The van der Waals surface area contributed by atoms with Gasteiger partial charge in [-0.25, -0.2) is 0 Å². The molecular formula is C16H20BrN3. The molecule has 1 aromatic heterocycles. The van der Waals surface area contributed by atoms with Crippen LogP contribution in [0.2, 0.25) is 0 Å². The SMILES string of the molecule is CC1CCC(Nc2ccc(N)c3cc(Br)cnc23)CC1. The second-order valence-corrected chi connectivity index (χ2v) is 6.77. The summed E-state index contributed by atoms with van der Waals surface area (Å²) in [6.45, 7) is 2.34. The number of nitrogens with zero attached hydrogens (tertiary/aromatic N) is 1. The third-order valence-corrected chi connectivity index (χ3v) is 4.66. The third-order valence-electron chi connectivity index (χ3n) is 4.23. The van der Waals surface area contributed by atoms with Crippen molar-refractivity contribution < 1.29 is 0 Å². The van der Waals surface area contributed by atoms with Crippen molar-refractivity contribution in [1.82, 2.24) is 4.98 Å². The van der Waals surface area contributed by atoms with Crippen molar-refractivity contribution >= 4 is 38.2 Å². The van der Waals surface area contributed by atoms with Crippen molar-refractivity contribution in [3.63, 3.8) is 0 Å². The van der Waals surface area contributed by atoms with Crippen molar-refractivity contribution in [2.45, 2.75) is 38.6 Å². The average molecular weight is 334 g/mol. The van der Waals surface area contributed by atoms with Crippen LogP contribution in [-0.4, -0.2) is 11.0 Å². The summed E-state index contributed by atoms with van der Waals surface area (Å²) in [5.74, 6) is 0.866. The first kappa shape index (κ1) is 13.7. The Balaban J connectivity index is 1.90. The summed E-state index contributed by atoms with van der Waals surface area (Å²) >= 11 is 3.46. The van der Waals surface area contributed by atoms with E-state index in [4.69, 9.17) is 5.73 Å². The maximum absolute atomic E-state index is 6.06. The van der Waals surface area contributed by atoms with Gasteiger partial charge in [-0.3, -0.25) is 4.98 Å². The largest absolute Gasteiger partial charge is 0.398 e. The Bertz CT molecular complexity index is 618. The third kappa shape index (κ3) is 2.75. The Morgan fingerprint density at radius 1 is 1.25 bits per heavy atom. The van der Waals surface area contributed by atoms with Gasteiger partial charge in [0.05, 0.1) is 11.2 Å². The number of nitrogens with two attached hydrogens (primary N) is 1. The van der Waals surface area contributed by atoms with Gasteiger partial charge in [0.2, 0.25) is 0 Å². The van der Waals surface area contributed by atoms with E-state index in [-0.39, 0.29) is 0 Å². The summed E-state index contributed by atoms with van der Waals surface area (Å²) in [7, 11) is 0. The molecule has 1 heterocycles. The van der Waals surface area contributed by atoms with Gasteiger partial charge in [0.25, 0.3) is 0 Å². The average Bonchev–Trinajstić information content (AvgIpc) is 2.44. The van der Waals surface area contributed by atoms with Crippen LogP contribution in [0.1, 0.15) is 32.6 Å². The Morgan fingerprint density at radius 2 is 2.00 bits per heavy atom. The Morgan fingerprint density at radius 3 is 2.75 bits per heavy atom. The van der Waals surface area contributed by atoms with Gasteiger partial charge in [-0.2, -0.15) is 0 Å². The molecule has 20 heavy (non-hydrogen) atoms. The number of fused-ring (bicyclic) bond motifs is 1. The predicted molar refractivity (Wildman–Crippen MR) is 88.9 cm³/mol. The van der Waals surface area contributed by atoms with E-state index in [0.717, 1.165) is 32.7 Å². The van der Waals surface area contributed by atoms with Crippen LogP contribution in [0.4, 0.5) is 11.4 Å². The Hall–Kier alpha value is -1.29.